The van der Waals surface area contributed by atoms with E-state index in [1.807, 2.05) is 24.3 Å². The molecule has 0 spiro atoms. The number of thiocarbonyl (C=S) groups is 1. The minimum atomic E-state index is 0.303. The molecule has 2 aromatic rings. The van der Waals surface area contributed by atoms with Crippen molar-refractivity contribution in [3.63, 3.8) is 0 Å². The topological polar surface area (TPSA) is 50.9 Å². The highest BCUT2D eigenvalue weighted by Crippen LogP contribution is 2.22. The van der Waals surface area contributed by atoms with Gasteiger partial charge in [-0.25, -0.2) is 0 Å². The number of hydrogen-bond acceptors (Lipinski definition) is 4. The largest absolute Gasteiger partial charge is 0.388 e. The van der Waals surface area contributed by atoms with Gasteiger partial charge in [-0.05, 0) is 30.7 Å². The van der Waals surface area contributed by atoms with Crippen LogP contribution in [0.1, 0.15) is 10.6 Å². The summed E-state index contributed by atoms with van der Waals surface area (Å²) in [6, 6.07) is 7.72. The van der Waals surface area contributed by atoms with Gasteiger partial charge in [0.2, 0.25) is 0 Å². The van der Waals surface area contributed by atoms with E-state index in [0.29, 0.717) is 10.7 Å². The molecule has 0 atom stereocenters. The van der Waals surface area contributed by atoms with Crippen LogP contribution in [0.2, 0.25) is 4.34 Å². The fourth-order valence-corrected chi connectivity index (χ4v) is 2.80. The minimum Gasteiger partial charge on any atom is -0.388 e. The fraction of sp³-hybridized carbons (Fsp3) is 0.167. The van der Waals surface area contributed by atoms with Crippen molar-refractivity contribution in [2.75, 3.05) is 11.9 Å². The highest BCUT2D eigenvalue weighted by molar-refractivity contribution is 7.80. The fourth-order valence-electron chi connectivity index (χ4n) is 1.55. The first-order valence-corrected chi connectivity index (χ1v) is 7.00. The van der Waals surface area contributed by atoms with Gasteiger partial charge in [0.25, 0.3) is 0 Å². The summed E-state index contributed by atoms with van der Waals surface area (Å²) in [4.78, 5) is 5.71. The van der Waals surface area contributed by atoms with Crippen LogP contribution in [-0.2, 0) is 6.42 Å². The van der Waals surface area contributed by atoms with Gasteiger partial charge < -0.3 is 11.1 Å². The minimum absolute atomic E-state index is 0.303. The Labute approximate surface area is 120 Å². The number of hydrogen-bond donors (Lipinski definition) is 2. The Balaban J connectivity index is 1.96. The van der Waals surface area contributed by atoms with Crippen molar-refractivity contribution < 1.29 is 0 Å². The smallest absolute Gasteiger partial charge is 0.124 e. The summed E-state index contributed by atoms with van der Waals surface area (Å²) >= 11 is 12.4. The molecule has 0 aliphatic rings. The molecule has 0 radical (unpaired) electrons. The van der Waals surface area contributed by atoms with E-state index in [4.69, 9.17) is 29.6 Å². The van der Waals surface area contributed by atoms with Crippen molar-refractivity contribution in [2.45, 2.75) is 6.42 Å². The van der Waals surface area contributed by atoms with Gasteiger partial charge in [-0.1, -0.05) is 23.8 Å². The molecule has 0 unspecified atom stereocenters. The molecule has 18 heavy (non-hydrogen) atoms. The molecule has 6 heteroatoms. The highest BCUT2D eigenvalue weighted by Gasteiger charge is 2.05. The summed E-state index contributed by atoms with van der Waals surface area (Å²) < 4.78 is 0.815. The van der Waals surface area contributed by atoms with E-state index in [2.05, 4.69) is 10.3 Å². The number of nitrogens with two attached hydrogens (primary N) is 1. The Bertz CT molecular complexity index is 554. The highest BCUT2D eigenvalue weighted by atomic mass is 35.5. The van der Waals surface area contributed by atoms with Crippen LogP contribution in [0, 0.1) is 0 Å². The number of aromatic nitrogens is 1. The van der Waals surface area contributed by atoms with Crippen molar-refractivity contribution in [3.05, 3.63) is 45.4 Å². The van der Waals surface area contributed by atoms with Gasteiger partial charge in [0, 0.05) is 17.6 Å². The molecule has 0 saturated heterocycles. The van der Waals surface area contributed by atoms with Crippen LogP contribution < -0.4 is 11.1 Å². The van der Waals surface area contributed by atoms with Gasteiger partial charge in [0.1, 0.15) is 10.7 Å². The standard InChI is InChI=1S/C12H12ClN3S2/c13-10-4-3-8(18-10)5-7-15-9-2-1-6-16-11(9)12(14)17/h1-4,6,15H,5,7H2,(H2,14,17). The van der Waals surface area contributed by atoms with E-state index in [0.717, 1.165) is 23.0 Å². The first kappa shape index (κ1) is 13.3. The third kappa shape index (κ3) is 3.41. The van der Waals surface area contributed by atoms with Crippen LogP contribution in [-0.4, -0.2) is 16.5 Å². The number of halogens is 1. The average Bonchev–Trinajstić information content (AvgIpc) is 2.75. The monoisotopic (exact) mass is 297 g/mol. The molecular formula is C12H12ClN3S2. The number of anilines is 1. The molecule has 0 fully saturated rings. The molecule has 0 aliphatic carbocycles. The van der Waals surface area contributed by atoms with Gasteiger partial charge in [-0.3, -0.25) is 4.98 Å². The van der Waals surface area contributed by atoms with Crippen molar-refractivity contribution in [1.29, 1.82) is 0 Å². The molecule has 0 bridgehead atoms. The molecule has 2 rings (SSSR count). The summed E-state index contributed by atoms with van der Waals surface area (Å²) in [5.41, 5.74) is 7.12. The Morgan fingerprint density at radius 3 is 2.94 bits per heavy atom. The number of thiophene rings is 1. The van der Waals surface area contributed by atoms with Gasteiger partial charge in [0.15, 0.2) is 0 Å². The maximum absolute atomic E-state index is 5.88. The second-order valence-electron chi connectivity index (χ2n) is 3.65. The van der Waals surface area contributed by atoms with Crippen LogP contribution in [0.15, 0.2) is 30.5 Å². The quantitative estimate of drug-likeness (QED) is 0.833. The summed E-state index contributed by atoms with van der Waals surface area (Å²) in [5, 5.41) is 3.29. The number of rotatable bonds is 5. The Kier molecular flexibility index (Phi) is 4.52. The SMILES string of the molecule is NC(=S)c1ncccc1NCCc1ccc(Cl)s1. The molecule has 0 saturated carbocycles. The summed E-state index contributed by atoms with van der Waals surface area (Å²) in [7, 11) is 0. The van der Waals surface area contributed by atoms with Gasteiger partial charge in [0.05, 0.1) is 10.0 Å². The van der Waals surface area contributed by atoms with E-state index in [-0.39, 0.29) is 0 Å². The Hall–Kier alpha value is -1.17. The third-order valence-electron chi connectivity index (χ3n) is 2.36. The molecule has 3 N–H and O–H groups in total. The molecule has 2 heterocycles. The second kappa shape index (κ2) is 6.13. The first-order chi connectivity index (χ1) is 8.66. The van der Waals surface area contributed by atoms with Crippen LogP contribution in [0.4, 0.5) is 5.69 Å². The molecule has 94 valence electrons. The van der Waals surface area contributed by atoms with Crippen LogP contribution in [0.25, 0.3) is 0 Å². The maximum Gasteiger partial charge on any atom is 0.124 e. The molecule has 0 aromatic carbocycles. The zero-order valence-corrected chi connectivity index (χ0v) is 11.9. The van der Waals surface area contributed by atoms with Crippen molar-refractivity contribution in [2.24, 2.45) is 5.73 Å². The van der Waals surface area contributed by atoms with Gasteiger partial charge in [-0.15, -0.1) is 11.3 Å². The molecule has 0 aliphatic heterocycles. The van der Waals surface area contributed by atoms with Crippen LogP contribution in [0.3, 0.4) is 0 Å². The molecule has 3 nitrogen and oxygen atoms in total. The van der Waals surface area contributed by atoms with E-state index in [1.54, 1.807) is 17.5 Å². The summed E-state index contributed by atoms with van der Waals surface area (Å²) in [6.07, 6.45) is 2.59. The van der Waals surface area contributed by atoms with E-state index in [1.165, 1.54) is 4.88 Å². The summed E-state index contributed by atoms with van der Waals surface area (Å²) in [5.74, 6) is 0. The zero-order chi connectivity index (χ0) is 13.0. The normalized spacial score (nSPS) is 10.3. The molecule has 2 aromatic heterocycles. The lowest BCUT2D eigenvalue weighted by atomic mass is 10.2. The lowest BCUT2D eigenvalue weighted by molar-refractivity contribution is 1.04. The lowest BCUT2D eigenvalue weighted by Gasteiger charge is -2.09. The predicted molar refractivity (Wildman–Crippen MR) is 81.6 cm³/mol. The number of pyridine rings is 1. The van der Waals surface area contributed by atoms with Crippen molar-refractivity contribution in [1.82, 2.24) is 4.98 Å². The van der Waals surface area contributed by atoms with Crippen molar-refractivity contribution in [3.8, 4) is 0 Å². The van der Waals surface area contributed by atoms with Crippen LogP contribution in [0.5, 0.6) is 0 Å². The number of nitrogens with zero attached hydrogens (tertiary/aromatic N) is 1. The maximum atomic E-state index is 5.88. The first-order valence-electron chi connectivity index (χ1n) is 5.39. The molecule has 0 amide bonds. The lowest BCUT2D eigenvalue weighted by Crippen LogP contribution is -2.16. The Morgan fingerprint density at radius 2 is 2.28 bits per heavy atom. The van der Waals surface area contributed by atoms with Crippen molar-refractivity contribution >= 4 is 45.8 Å². The average molecular weight is 298 g/mol. The van der Waals surface area contributed by atoms with Gasteiger partial charge >= 0.3 is 0 Å². The third-order valence-corrected chi connectivity index (χ3v) is 3.84. The van der Waals surface area contributed by atoms with Gasteiger partial charge in [-0.2, -0.15) is 0 Å². The van der Waals surface area contributed by atoms with E-state index < -0.39 is 0 Å². The number of nitrogens with one attached hydrogen (secondary N) is 1. The molecular weight excluding hydrogens is 286 g/mol. The summed E-state index contributed by atoms with van der Waals surface area (Å²) in [6.45, 7) is 0.790. The predicted octanol–water partition coefficient (Wildman–Crippen LogP) is 3.09. The van der Waals surface area contributed by atoms with E-state index in [9.17, 15) is 0 Å². The second-order valence-corrected chi connectivity index (χ2v) is 5.89. The van der Waals surface area contributed by atoms with Crippen LogP contribution >= 0.6 is 35.2 Å². The zero-order valence-electron chi connectivity index (χ0n) is 9.52. The Morgan fingerprint density at radius 1 is 1.44 bits per heavy atom. The van der Waals surface area contributed by atoms with E-state index >= 15 is 0 Å².